The summed E-state index contributed by atoms with van der Waals surface area (Å²) in [5.41, 5.74) is 3.07. The third kappa shape index (κ3) is 2.69. The quantitative estimate of drug-likeness (QED) is 0.898. The Balaban J connectivity index is 0.00000132. The predicted octanol–water partition coefficient (Wildman–Crippen LogP) is 2.11. The summed E-state index contributed by atoms with van der Waals surface area (Å²) in [6.45, 7) is 2.85. The maximum atomic E-state index is 12.2. The first kappa shape index (κ1) is 14.9. The molecule has 0 radical (unpaired) electrons. The van der Waals surface area contributed by atoms with Gasteiger partial charge in [-0.15, -0.1) is 12.4 Å². The highest BCUT2D eigenvalue weighted by Gasteiger charge is 2.55. The molecule has 114 valence electrons. The average molecular weight is 307 g/mol. The summed E-state index contributed by atoms with van der Waals surface area (Å²) >= 11 is 0. The summed E-state index contributed by atoms with van der Waals surface area (Å²) in [6, 6.07) is 8.81. The number of nitrogens with one attached hydrogen (secondary N) is 2. The van der Waals surface area contributed by atoms with E-state index in [1.54, 1.807) is 5.56 Å². The van der Waals surface area contributed by atoms with Gasteiger partial charge < -0.3 is 10.6 Å². The van der Waals surface area contributed by atoms with Crippen LogP contribution in [0.25, 0.3) is 0 Å². The van der Waals surface area contributed by atoms with E-state index in [1.165, 1.54) is 12.0 Å². The highest BCUT2D eigenvalue weighted by atomic mass is 35.5. The van der Waals surface area contributed by atoms with Crippen molar-refractivity contribution in [2.75, 3.05) is 19.6 Å². The summed E-state index contributed by atoms with van der Waals surface area (Å²) in [5, 5.41) is 6.52. The van der Waals surface area contributed by atoms with Crippen LogP contribution < -0.4 is 10.6 Å². The van der Waals surface area contributed by atoms with E-state index in [9.17, 15) is 4.79 Å². The zero-order valence-corrected chi connectivity index (χ0v) is 13.0. The van der Waals surface area contributed by atoms with Gasteiger partial charge in [-0.2, -0.15) is 0 Å². The molecule has 1 aromatic rings. The molecule has 1 aromatic carbocycles. The maximum absolute atomic E-state index is 12.2. The Morgan fingerprint density at radius 3 is 2.81 bits per heavy atom. The number of hydrogen-bond acceptors (Lipinski definition) is 2. The number of rotatable bonds is 3. The number of fused-ring (bicyclic) bond motifs is 3. The second-order valence-electron chi connectivity index (χ2n) is 6.53. The molecule has 0 aromatic heterocycles. The van der Waals surface area contributed by atoms with Gasteiger partial charge in [0.25, 0.3) is 0 Å². The zero-order valence-electron chi connectivity index (χ0n) is 12.2. The standard InChI is InChI=1S/C17H22N2O.ClH/c20-17(11-5-7-18-8-6-11)19-10-15-14-9-12-3-1-2-4-13(12)16(14)15;/h1-4,11,14-16,18H,5-10H2,(H,19,20);1H. The number of hydrogen-bond donors (Lipinski definition) is 2. The van der Waals surface area contributed by atoms with Crippen LogP contribution in [0.1, 0.15) is 29.9 Å². The minimum absolute atomic E-state index is 0. The van der Waals surface area contributed by atoms with Crippen LogP contribution in [0.2, 0.25) is 0 Å². The first-order chi connectivity index (χ1) is 9.84. The Morgan fingerprint density at radius 1 is 1.24 bits per heavy atom. The molecule has 4 heteroatoms. The number of halogens is 1. The number of carbonyl (C=O) groups is 1. The van der Waals surface area contributed by atoms with Crippen molar-refractivity contribution in [3.8, 4) is 0 Å². The second-order valence-corrected chi connectivity index (χ2v) is 6.53. The molecular formula is C17H23ClN2O. The van der Waals surface area contributed by atoms with Crippen LogP contribution in [0.3, 0.4) is 0 Å². The Bertz CT molecular complexity index is 527. The fourth-order valence-corrected chi connectivity index (χ4v) is 4.21. The topological polar surface area (TPSA) is 41.1 Å². The van der Waals surface area contributed by atoms with Crippen molar-refractivity contribution in [3.63, 3.8) is 0 Å². The lowest BCUT2D eigenvalue weighted by Gasteiger charge is -2.22. The van der Waals surface area contributed by atoms with Crippen molar-refractivity contribution in [2.45, 2.75) is 25.2 Å². The molecule has 1 saturated heterocycles. The Labute approximate surface area is 132 Å². The van der Waals surface area contributed by atoms with Crippen molar-refractivity contribution < 1.29 is 4.79 Å². The average Bonchev–Trinajstić information content (AvgIpc) is 3.04. The van der Waals surface area contributed by atoms with Gasteiger partial charge in [-0.25, -0.2) is 0 Å². The fourth-order valence-electron chi connectivity index (χ4n) is 4.21. The summed E-state index contributed by atoms with van der Waals surface area (Å²) < 4.78 is 0. The van der Waals surface area contributed by atoms with E-state index in [0.717, 1.165) is 44.3 Å². The van der Waals surface area contributed by atoms with Crippen molar-refractivity contribution in [3.05, 3.63) is 35.4 Å². The number of carbonyl (C=O) groups excluding carboxylic acids is 1. The zero-order chi connectivity index (χ0) is 13.5. The Kier molecular flexibility index (Phi) is 4.23. The molecule has 3 aliphatic rings. The maximum Gasteiger partial charge on any atom is 0.223 e. The molecule has 21 heavy (non-hydrogen) atoms. The summed E-state index contributed by atoms with van der Waals surface area (Å²) in [5.74, 6) is 2.72. The molecule has 0 bridgehead atoms. The molecule has 3 nitrogen and oxygen atoms in total. The lowest BCUT2D eigenvalue weighted by molar-refractivity contribution is -0.125. The molecule has 2 aliphatic carbocycles. The minimum Gasteiger partial charge on any atom is -0.356 e. The van der Waals surface area contributed by atoms with Crippen LogP contribution in [-0.2, 0) is 11.2 Å². The van der Waals surface area contributed by atoms with Crippen LogP contribution in [-0.4, -0.2) is 25.5 Å². The molecule has 4 rings (SSSR count). The molecule has 1 saturated carbocycles. The van der Waals surface area contributed by atoms with Gasteiger partial charge in [-0.1, -0.05) is 24.3 Å². The van der Waals surface area contributed by atoms with Gasteiger partial charge in [0.15, 0.2) is 0 Å². The van der Waals surface area contributed by atoms with Crippen LogP contribution in [0, 0.1) is 17.8 Å². The van der Waals surface area contributed by atoms with E-state index in [1.807, 2.05) is 0 Å². The molecule has 2 N–H and O–H groups in total. The van der Waals surface area contributed by atoms with Gasteiger partial charge >= 0.3 is 0 Å². The van der Waals surface area contributed by atoms with Gasteiger partial charge in [0.1, 0.15) is 0 Å². The summed E-state index contributed by atoms with van der Waals surface area (Å²) in [4.78, 5) is 12.2. The number of benzene rings is 1. The summed E-state index contributed by atoms with van der Waals surface area (Å²) in [6.07, 6.45) is 3.20. The third-order valence-electron chi connectivity index (χ3n) is 5.42. The van der Waals surface area contributed by atoms with Gasteiger partial charge in [-0.3, -0.25) is 4.79 Å². The van der Waals surface area contributed by atoms with E-state index in [4.69, 9.17) is 0 Å². The van der Waals surface area contributed by atoms with Crippen LogP contribution in [0.5, 0.6) is 0 Å². The minimum atomic E-state index is 0. The number of piperidine rings is 1. The smallest absolute Gasteiger partial charge is 0.223 e. The monoisotopic (exact) mass is 306 g/mol. The van der Waals surface area contributed by atoms with Crippen LogP contribution in [0.15, 0.2) is 24.3 Å². The van der Waals surface area contributed by atoms with Crippen molar-refractivity contribution in [1.82, 2.24) is 10.6 Å². The predicted molar refractivity (Wildman–Crippen MR) is 85.7 cm³/mol. The first-order valence-corrected chi connectivity index (χ1v) is 7.91. The highest BCUT2D eigenvalue weighted by Crippen LogP contribution is 2.60. The Morgan fingerprint density at radius 2 is 2.00 bits per heavy atom. The second kappa shape index (κ2) is 5.98. The van der Waals surface area contributed by atoms with E-state index >= 15 is 0 Å². The molecule has 3 unspecified atom stereocenters. The number of amides is 1. The van der Waals surface area contributed by atoms with E-state index in [0.29, 0.717) is 5.92 Å². The molecule has 1 amide bonds. The van der Waals surface area contributed by atoms with Gasteiger partial charge in [-0.05, 0) is 61.2 Å². The fraction of sp³-hybridized carbons (Fsp3) is 0.588. The normalized spacial score (nSPS) is 30.0. The van der Waals surface area contributed by atoms with E-state index in [2.05, 4.69) is 34.9 Å². The molecule has 1 heterocycles. The van der Waals surface area contributed by atoms with Crippen LogP contribution in [0.4, 0.5) is 0 Å². The SMILES string of the molecule is Cl.O=C(NCC1C2Cc3ccccc3C12)C1CCNCC1. The molecule has 2 fully saturated rings. The van der Waals surface area contributed by atoms with Crippen molar-refractivity contribution >= 4 is 18.3 Å². The van der Waals surface area contributed by atoms with Crippen LogP contribution >= 0.6 is 12.4 Å². The summed E-state index contributed by atoms with van der Waals surface area (Å²) in [7, 11) is 0. The van der Waals surface area contributed by atoms with E-state index < -0.39 is 0 Å². The largest absolute Gasteiger partial charge is 0.356 e. The molecular weight excluding hydrogens is 284 g/mol. The van der Waals surface area contributed by atoms with Gasteiger partial charge in [0.05, 0.1) is 0 Å². The molecule has 1 aliphatic heterocycles. The third-order valence-corrected chi connectivity index (χ3v) is 5.42. The van der Waals surface area contributed by atoms with E-state index in [-0.39, 0.29) is 24.2 Å². The molecule has 0 spiro atoms. The highest BCUT2D eigenvalue weighted by molar-refractivity contribution is 5.85. The van der Waals surface area contributed by atoms with Gasteiger partial charge in [0, 0.05) is 12.5 Å². The lowest BCUT2D eigenvalue weighted by Crippen LogP contribution is -2.39. The molecule has 3 atom stereocenters. The van der Waals surface area contributed by atoms with Gasteiger partial charge in [0.2, 0.25) is 5.91 Å². The van der Waals surface area contributed by atoms with Crippen molar-refractivity contribution in [1.29, 1.82) is 0 Å². The van der Waals surface area contributed by atoms with Crippen molar-refractivity contribution in [2.24, 2.45) is 17.8 Å². The lowest BCUT2D eigenvalue weighted by atomic mass is 9.97. The first-order valence-electron chi connectivity index (χ1n) is 7.91. The Hall–Kier alpha value is -1.06.